The number of aromatic nitrogens is 3. The maximum atomic E-state index is 10.0. The molecule has 0 saturated carbocycles. The summed E-state index contributed by atoms with van der Waals surface area (Å²) in [6, 6.07) is 20.8. The third-order valence-electron chi connectivity index (χ3n) is 6.67. The smallest absolute Gasteiger partial charge is 0.226 e. The first kappa shape index (κ1) is 20.0. The van der Waals surface area contributed by atoms with Crippen molar-refractivity contribution < 1.29 is 9.84 Å². The van der Waals surface area contributed by atoms with Gasteiger partial charge >= 0.3 is 0 Å². The summed E-state index contributed by atoms with van der Waals surface area (Å²) < 4.78 is 8.02. The molecule has 166 valence electrons. The van der Waals surface area contributed by atoms with E-state index in [0.717, 1.165) is 34.1 Å². The molecule has 0 unspecified atom stereocenters. The van der Waals surface area contributed by atoms with Gasteiger partial charge in [0, 0.05) is 36.1 Å². The maximum absolute atomic E-state index is 10.0. The third kappa shape index (κ3) is 3.66. The molecule has 6 heteroatoms. The van der Waals surface area contributed by atoms with Crippen LogP contribution in [0.4, 0.5) is 0 Å². The van der Waals surface area contributed by atoms with Crippen LogP contribution in [0.15, 0.2) is 66.7 Å². The van der Waals surface area contributed by atoms with Crippen LogP contribution in [-0.2, 0) is 13.7 Å². The van der Waals surface area contributed by atoms with Gasteiger partial charge < -0.3 is 15.2 Å². The Kier molecular flexibility index (Phi) is 4.88. The Morgan fingerprint density at radius 3 is 2.76 bits per heavy atom. The second kappa shape index (κ2) is 8.05. The van der Waals surface area contributed by atoms with E-state index in [-0.39, 0.29) is 5.88 Å². The number of pyridine rings is 1. The predicted octanol–water partition coefficient (Wildman–Crippen LogP) is 4.83. The zero-order valence-electron chi connectivity index (χ0n) is 18.5. The molecule has 0 aliphatic carbocycles. The van der Waals surface area contributed by atoms with E-state index < -0.39 is 0 Å². The summed E-state index contributed by atoms with van der Waals surface area (Å²) >= 11 is 0. The van der Waals surface area contributed by atoms with E-state index in [1.54, 1.807) is 6.07 Å². The van der Waals surface area contributed by atoms with E-state index in [1.165, 1.54) is 24.0 Å². The molecule has 1 saturated heterocycles. The van der Waals surface area contributed by atoms with Crippen LogP contribution in [0.5, 0.6) is 11.8 Å². The van der Waals surface area contributed by atoms with Crippen molar-refractivity contribution in [1.82, 2.24) is 20.1 Å². The molecule has 2 bridgehead atoms. The molecule has 4 heterocycles. The van der Waals surface area contributed by atoms with E-state index in [4.69, 9.17) is 9.84 Å². The first-order chi connectivity index (χ1) is 16.2. The van der Waals surface area contributed by atoms with Gasteiger partial charge in [0.2, 0.25) is 11.8 Å². The third-order valence-corrected chi connectivity index (χ3v) is 6.67. The number of rotatable bonds is 5. The number of para-hydroxylation sites is 1. The van der Waals surface area contributed by atoms with E-state index in [1.807, 2.05) is 48.1 Å². The van der Waals surface area contributed by atoms with E-state index in [0.29, 0.717) is 24.6 Å². The molecule has 0 spiro atoms. The normalized spacial score (nSPS) is 19.6. The molecular weight excluding hydrogens is 412 g/mol. The van der Waals surface area contributed by atoms with Gasteiger partial charge in [-0.25, -0.2) is 0 Å². The lowest BCUT2D eigenvalue weighted by Gasteiger charge is -2.22. The van der Waals surface area contributed by atoms with Crippen molar-refractivity contribution in [2.24, 2.45) is 7.05 Å². The quantitative estimate of drug-likeness (QED) is 0.467. The number of aryl methyl sites for hydroxylation is 1. The number of hydrogen-bond donors (Lipinski definition) is 2. The molecule has 2 aromatic carbocycles. The zero-order chi connectivity index (χ0) is 22.4. The molecule has 2 N–H and O–H groups in total. The standard InChI is InChI=1S/C27H26N4O2/c1-31-26-21(18-14-19-10-11-20(15-18)28-19)8-5-9-22(26)25(30-31)23-12-13-24(32)29-27(23)33-16-17-6-3-2-4-7-17/h2-9,12-14,19-20,28H,10-11,15-16H2,1H3,(H,29,32)/t19-,20+/m0/s1. The number of nitrogens with zero attached hydrogens (tertiary/aromatic N) is 3. The number of hydrogen-bond acceptors (Lipinski definition) is 5. The van der Waals surface area contributed by atoms with Crippen molar-refractivity contribution in [3.8, 4) is 23.0 Å². The average molecular weight is 439 g/mol. The Balaban J connectivity index is 1.43. The van der Waals surface area contributed by atoms with Crippen LogP contribution >= 0.6 is 0 Å². The van der Waals surface area contributed by atoms with Crippen molar-refractivity contribution >= 4 is 16.5 Å². The van der Waals surface area contributed by atoms with Crippen LogP contribution in [0.1, 0.15) is 30.4 Å². The van der Waals surface area contributed by atoms with Gasteiger partial charge in [-0.05, 0) is 36.5 Å². The summed E-state index contributed by atoms with van der Waals surface area (Å²) in [6.07, 6.45) is 5.88. The van der Waals surface area contributed by atoms with Gasteiger partial charge in [-0.15, -0.1) is 0 Å². The van der Waals surface area contributed by atoms with Crippen LogP contribution in [-0.4, -0.2) is 32.0 Å². The summed E-state index contributed by atoms with van der Waals surface area (Å²) in [5.41, 5.74) is 6.36. The van der Waals surface area contributed by atoms with Crippen molar-refractivity contribution in [2.75, 3.05) is 0 Å². The van der Waals surface area contributed by atoms with Crippen LogP contribution in [0, 0.1) is 0 Å². The summed E-state index contributed by atoms with van der Waals surface area (Å²) in [4.78, 5) is 4.29. The Morgan fingerprint density at radius 2 is 1.91 bits per heavy atom. The topological polar surface area (TPSA) is 72.2 Å². The Bertz CT molecular complexity index is 1360. The van der Waals surface area contributed by atoms with Gasteiger partial charge in [-0.2, -0.15) is 10.1 Å². The van der Waals surface area contributed by atoms with Gasteiger partial charge in [0.15, 0.2) is 0 Å². The van der Waals surface area contributed by atoms with Crippen LogP contribution < -0.4 is 10.1 Å². The lowest BCUT2D eigenvalue weighted by Crippen LogP contribution is -2.32. The number of benzene rings is 2. The SMILES string of the molecule is Cn1nc(-c2ccc(O)nc2OCc2ccccc2)c2cccc(C3=C[C@@H]4CC[C@H](C3)N4)c21. The second-order valence-electron chi connectivity index (χ2n) is 8.91. The van der Waals surface area contributed by atoms with E-state index >= 15 is 0 Å². The predicted molar refractivity (Wildman–Crippen MR) is 129 cm³/mol. The summed E-state index contributed by atoms with van der Waals surface area (Å²) in [5, 5.41) is 19.7. The minimum Gasteiger partial charge on any atom is -0.493 e. The molecule has 1 fully saturated rings. The molecule has 2 aliphatic heterocycles. The minimum absolute atomic E-state index is 0.0712. The van der Waals surface area contributed by atoms with Crippen molar-refractivity contribution in [1.29, 1.82) is 0 Å². The number of fused-ring (bicyclic) bond motifs is 3. The van der Waals surface area contributed by atoms with E-state index in [2.05, 4.69) is 34.6 Å². The lowest BCUT2D eigenvalue weighted by atomic mass is 9.94. The highest BCUT2D eigenvalue weighted by atomic mass is 16.5. The van der Waals surface area contributed by atoms with Gasteiger partial charge in [-0.1, -0.05) is 54.6 Å². The Morgan fingerprint density at radius 1 is 1.03 bits per heavy atom. The maximum Gasteiger partial charge on any atom is 0.226 e. The number of aromatic hydroxyl groups is 1. The fourth-order valence-electron chi connectivity index (χ4n) is 5.16. The molecule has 33 heavy (non-hydrogen) atoms. The first-order valence-corrected chi connectivity index (χ1v) is 11.5. The van der Waals surface area contributed by atoms with Crippen LogP contribution in [0.3, 0.4) is 0 Å². The summed E-state index contributed by atoms with van der Waals surface area (Å²) in [5.74, 6) is 0.307. The zero-order valence-corrected chi connectivity index (χ0v) is 18.5. The Hall–Kier alpha value is -3.64. The van der Waals surface area contributed by atoms with Crippen molar-refractivity contribution in [3.63, 3.8) is 0 Å². The highest BCUT2D eigenvalue weighted by molar-refractivity contribution is 6.00. The minimum atomic E-state index is -0.0712. The lowest BCUT2D eigenvalue weighted by molar-refractivity contribution is 0.290. The van der Waals surface area contributed by atoms with Crippen LogP contribution in [0.2, 0.25) is 0 Å². The van der Waals surface area contributed by atoms with Gasteiger partial charge in [0.25, 0.3) is 0 Å². The molecule has 2 aliphatic rings. The van der Waals surface area contributed by atoms with E-state index in [9.17, 15) is 5.11 Å². The highest BCUT2D eigenvalue weighted by Crippen LogP contribution is 2.39. The Labute approximate surface area is 192 Å². The highest BCUT2D eigenvalue weighted by Gasteiger charge is 2.29. The molecule has 6 nitrogen and oxygen atoms in total. The number of nitrogens with one attached hydrogen (secondary N) is 1. The molecular formula is C27H26N4O2. The van der Waals surface area contributed by atoms with Crippen molar-refractivity contribution in [2.45, 2.75) is 38.0 Å². The van der Waals surface area contributed by atoms with Gasteiger partial charge in [-0.3, -0.25) is 4.68 Å². The molecule has 0 amide bonds. The van der Waals surface area contributed by atoms with Gasteiger partial charge in [0.1, 0.15) is 12.3 Å². The largest absolute Gasteiger partial charge is 0.493 e. The number of ether oxygens (including phenoxy) is 1. The monoisotopic (exact) mass is 438 g/mol. The molecule has 0 radical (unpaired) electrons. The van der Waals surface area contributed by atoms with Gasteiger partial charge in [0.05, 0.1) is 11.1 Å². The average Bonchev–Trinajstić information content (AvgIpc) is 3.36. The molecule has 2 atom stereocenters. The van der Waals surface area contributed by atoms with Crippen LogP contribution in [0.25, 0.3) is 27.7 Å². The fraction of sp³-hybridized carbons (Fsp3) is 0.259. The molecule has 6 rings (SSSR count). The fourth-order valence-corrected chi connectivity index (χ4v) is 5.16. The molecule has 4 aromatic rings. The second-order valence-corrected chi connectivity index (χ2v) is 8.91. The summed E-state index contributed by atoms with van der Waals surface area (Å²) in [6.45, 7) is 0.364. The first-order valence-electron chi connectivity index (χ1n) is 11.5. The molecule has 2 aromatic heterocycles. The summed E-state index contributed by atoms with van der Waals surface area (Å²) in [7, 11) is 1.99. The van der Waals surface area contributed by atoms with Crippen molar-refractivity contribution in [3.05, 3.63) is 77.9 Å².